The molecule has 1 aromatic carbocycles. The molecule has 1 aliphatic rings. The topological polar surface area (TPSA) is 99.2 Å². The zero-order chi connectivity index (χ0) is 19.1. The quantitative estimate of drug-likeness (QED) is 0.602. The van der Waals surface area contributed by atoms with Gasteiger partial charge in [-0.15, -0.1) is 0 Å². The Hall–Kier alpha value is -2.65. The molecule has 26 heavy (non-hydrogen) atoms. The summed E-state index contributed by atoms with van der Waals surface area (Å²) in [6.45, 7) is 3.77. The van der Waals surface area contributed by atoms with Gasteiger partial charge in [0, 0.05) is 26.2 Å². The molecule has 0 bridgehead atoms. The molecule has 0 saturated carbocycles. The smallest absolute Gasteiger partial charge is 0.263 e. The summed E-state index contributed by atoms with van der Waals surface area (Å²) < 4.78 is 0. The van der Waals surface area contributed by atoms with E-state index in [1.165, 1.54) is 42.0 Å². The molecular formula is C20H26N4O2. The van der Waals surface area contributed by atoms with Gasteiger partial charge in [-0.25, -0.2) is 0 Å². The van der Waals surface area contributed by atoms with Crippen LogP contribution in [0.5, 0.6) is 0 Å². The van der Waals surface area contributed by atoms with Crippen LogP contribution in [-0.4, -0.2) is 29.8 Å². The van der Waals surface area contributed by atoms with Crippen LogP contribution in [-0.2, 0) is 22.4 Å². The fourth-order valence-electron chi connectivity index (χ4n) is 3.13. The predicted molar refractivity (Wildman–Crippen MR) is 99.8 cm³/mol. The first-order chi connectivity index (χ1) is 12.5. The van der Waals surface area contributed by atoms with Gasteiger partial charge in [-0.1, -0.05) is 18.2 Å². The average Bonchev–Trinajstić information content (AvgIpc) is 2.64. The van der Waals surface area contributed by atoms with E-state index in [2.05, 4.69) is 17.4 Å². The number of amides is 2. The first-order valence-electron chi connectivity index (χ1n) is 8.98. The monoisotopic (exact) mass is 354 g/mol. The van der Waals surface area contributed by atoms with Crippen LogP contribution < -0.4 is 11.1 Å². The lowest BCUT2D eigenvalue weighted by molar-refractivity contribution is -0.126. The minimum atomic E-state index is -0.499. The van der Waals surface area contributed by atoms with Gasteiger partial charge in [-0.3, -0.25) is 9.59 Å². The van der Waals surface area contributed by atoms with Crippen molar-refractivity contribution < 1.29 is 9.59 Å². The van der Waals surface area contributed by atoms with Crippen LogP contribution in [0.2, 0.25) is 0 Å². The molecule has 1 atom stereocenters. The van der Waals surface area contributed by atoms with Crippen molar-refractivity contribution in [3.63, 3.8) is 0 Å². The van der Waals surface area contributed by atoms with Crippen molar-refractivity contribution in [2.24, 2.45) is 5.73 Å². The van der Waals surface area contributed by atoms with E-state index < -0.39 is 5.91 Å². The zero-order valence-corrected chi connectivity index (χ0v) is 15.4. The predicted octanol–water partition coefficient (Wildman–Crippen LogP) is 1.96. The summed E-state index contributed by atoms with van der Waals surface area (Å²) >= 11 is 0. The molecule has 0 aliphatic heterocycles. The van der Waals surface area contributed by atoms with Crippen LogP contribution in [0.3, 0.4) is 0 Å². The second kappa shape index (κ2) is 9.16. The van der Waals surface area contributed by atoms with Crippen LogP contribution in [0.1, 0.15) is 49.4 Å². The maximum Gasteiger partial charge on any atom is 0.263 e. The molecule has 0 spiro atoms. The number of hydrogen-bond acceptors (Lipinski definition) is 4. The summed E-state index contributed by atoms with van der Waals surface area (Å²) in [6, 6.07) is 7.94. The Morgan fingerprint density at radius 3 is 2.65 bits per heavy atom. The molecule has 0 radical (unpaired) electrons. The molecule has 0 heterocycles. The van der Waals surface area contributed by atoms with Crippen LogP contribution in [0.25, 0.3) is 0 Å². The van der Waals surface area contributed by atoms with Crippen LogP contribution >= 0.6 is 0 Å². The summed E-state index contributed by atoms with van der Waals surface area (Å²) in [4.78, 5) is 25.3. The van der Waals surface area contributed by atoms with E-state index in [9.17, 15) is 14.9 Å². The number of nitrogens with one attached hydrogen (secondary N) is 1. The van der Waals surface area contributed by atoms with E-state index in [-0.39, 0.29) is 30.6 Å². The molecule has 2 rings (SSSR count). The minimum absolute atomic E-state index is 0.113. The van der Waals surface area contributed by atoms with Crippen molar-refractivity contribution in [3.05, 3.63) is 46.7 Å². The van der Waals surface area contributed by atoms with Crippen molar-refractivity contribution in [1.82, 2.24) is 10.2 Å². The Morgan fingerprint density at radius 1 is 1.35 bits per heavy atom. The number of nitrogens with zero attached hydrogens (tertiary/aromatic N) is 2. The highest BCUT2D eigenvalue weighted by Crippen LogP contribution is 2.24. The van der Waals surface area contributed by atoms with E-state index in [0.29, 0.717) is 0 Å². The number of benzene rings is 1. The van der Waals surface area contributed by atoms with Crippen molar-refractivity contribution in [2.75, 3.05) is 13.1 Å². The Labute approximate surface area is 154 Å². The second-order valence-corrected chi connectivity index (χ2v) is 6.59. The maximum absolute atomic E-state index is 12.4. The summed E-state index contributed by atoms with van der Waals surface area (Å²) in [5.74, 6) is -0.764. The Balaban J connectivity index is 2.11. The van der Waals surface area contributed by atoms with Gasteiger partial charge in [-0.2, -0.15) is 5.26 Å². The lowest BCUT2D eigenvalue weighted by atomic mass is 9.89. The van der Waals surface area contributed by atoms with Gasteiger partial charge >= 0.3 is 0 Å². The number of fused-ring (bicyclic) bond motifs is 1. The Kier molecular flexibility index (Phi) is 6.93. The van der Waals surface area contributed by atoms with E-state index in [1.54, 1.807) is 0 Å². The van der Waals surface area contributed by atoms with Gasteiger partial charge < -0.3 is 16.0 Å². The number of rotatable bonds is 6. The summed E-state index contributed by atoms with van der Waals surface area (Å²) in [5.41, 5.74) is 9.10. The van der Waals surface area contributed by atoms with Crippen molar-refractivity contribution in [2.45, 2.75) is 45.6 Å². The molecule has 1 aromatic rings. The third kappa shape index (κ3) is 4.93. The first-order valence-corrected chi connectivity index (χ1v) is 8.98. The largest absolute Gasteiger partial charge is 0.345 e. The van der Waals surface area contributed by atoms with Gasteiger partial charge in [0.15, 0.2) is 0 Å². The SMILES string of the molecule is CC(=O)N(/C=C(/C#N)C(=O)NC(C)c1ccc2c(c1)CCCC2)CCN. The van der Waals surface area contributed by atoms with Crippen molar-refractivity contribution in [1.29, 1.82) is 5.26 Å². The molecular weight excluding hydrogens is 328 g/mol. The van der Waals surface area contributed by atoms with Crippen molar-refractivity contribution in [3.8, 4) is 6.07 Å². The summed E-state index contributed by atoms with van der Waals surface area (Å²) in [7, 11) is 0. The fraction of sp³-hybridized carbons (Fsp3) is 0.450. The molecule has 3 N–H and O–H groups in total. The van der Waals surface area contributed by atoms with Gasteiger partial charge in [-0.05, 0) is 49.3 Å². The lowest BCUT2D eigenvalue weighted by Gasteiger charge is -2.20. The third-order valence-corrected chi connectivity index (χ3v) is 4.64. The van der Waals surface area contributed by atoms with Gasteiger partial charge in [0.25, 0.3) is 5.91 Å². The standard InChI is InChI=1S/C20H26N4O2/c1-14(17-8-7-16-5-3-4-6-18(16)11-17)23-20(26)19(12-22)13-24(10-9-21)15(2)25/h7-8,11,13-14H,3-6,9-10,21H2,1-2H3,(H,23,26)/b19-13-. The van der Waals surface area contributed by atoms with Crippen molar-refractivity contribution >= 4 is 11.8 Å². The zero-order valence-electron chi connectivity index (χ0n) is 15.4. The molecule has 0 fully saturated rings. The van der Waals surface area contributed by atoms with E-state index >= 15 is 0 Å². The molecule has 6 nitrogen and oxygen atoms in total. The molecule has 6 heteroatoms. The Bertz CT molecular complexity index is 749. The number of nitrogens with two attached hydrogens (primary N) is 1. The number of carbonyl (C=O) groups excluding carboxylic acids is 2. The maximum atomic E-state index is 12.4. The van der Waals surface area contributed by atoms with E-state index in [1.807, 2.05) is 19.1 Å². The third-order valence-electron chi connectivity index (χ3n) is 4.64. The molecule has 2 amide bonds. The van der Waals surface area contributed by atoms with E-state index in [4.69, 9.17) is 5.73 Å². The van der Waals surface area contributed by atoms with Gasteiger partial charge in [0.2, 0.25) is 5.91 Å². The van der Waals surface area contributed by atoms with Gasteiger partial charge in [0.05, 0.1) is 6.04 Å². The highest BCUT2D eigenvalue weighted by molar-refractivity contribution is 5.97. The van der Waals surface area contributed by atoms with Crippen LogP contribution in [0.15, 0.2) is 30.0 Å². The summed E-state index contributed by atoms with van der Waals surface area (Å²) in [5, 5.41) is 12.1. The number of nitriles is 1. The van der Waals surface area contributed by atoms with E-state index in [0.717, 1.165) is 18.4 Å². The van der Waals surface area contributed by atoms with Crippen LogP contribution in [0, 0.1) is 11.3 Å². The average molecular weight is 354 g/mol. The van der Waals surface area contributed by atoms with Gasteiger partial charge in [0.1, 0.15) is 11.6 Å². The number of carbonyl (C=O) groups is 2. The normalized spacial score (nSPS) is 14.8. The number of hydrogen-bond donors (Lipinski definition) is 2. The molecule has 0 saturated heterocycles. The minimum Gasteiger partial charge on any atom is -0.345 e. The van der Waals surface area contributed by atoms with Crippen LogP contribution in [0.4, 0.5) is 0 Å². The first kappa shape index (κ1) is 19.7. The fourth-order valence-corrected chi connectivity index (χ4v) is 3.13. The highest BCUT2D eigenvalue weighted by atomic mass is 16.2. The molecule has 0 aromatic heterocycles. The lowest BCUT2D eigenvalue weighted by Crippen LogP contribution is -2.32. The number of aryl methyl sites for hydroxylation is 2. The second-order valence-electron chi connectivity index (χ2n) is 6.59. The molecule has 138 valence electrons. The summed E-state index contributed by atoms with van der Waals surface area (Å²) in [6.07, 6.45) is 5.87. The Morgan fingerprint density at radius 2 is 2.04 bits per heavy atom. The highest BCUT2D eigenvalue weighted by Gasteiger charge is 2.17. The molecule has 1 aliphatic carbocycles. The molecule has 1 unspecified atom stereocenters.